The maximum Gasteiger partial charge on any atom is 0.240 e. The van der Waals surface area contributed by atoms with E-state index in [4.69, 9.17) is 4.74 Å². The minimum atomic E-state index is -3.62. The van der Waals surface area contributed by atoms with Crippen molar-refractivity contribution in [1.29, 1.82) is 0 Å². The molecule has 2 rings (SSSR count). The van der Waals surface area contributed by atoms with Gasteiger partial charge in [-0.1, -0.05) is 18.2 Å². The number of hydrogen-bond donors (Lipinski definition) is 1. The van der Waals surface area contributed by atoms with Gasteiger partial charge in [-0.3, -0.25) is 0 Å². The van der Waals surface area contributed by atoms with E-state index in [1.54, 1.807) is 7.11 Å². The van der Waals surface area contributed by atoms with Gasteiger partial charge in [0.15, 0.2) is 0 Å². The number of hydrogen-bond acceptors (Lipinski definition) is 3. The fourth-order valence-electron chi connectivity index (χ4n) is 2.26. The number of halogens is 1. The largest absolute Gasteiger partial charge is 0.496 e. The molecule has 0 bridgehead atoms. The van der Waals surface area contributed by atoms with Crippen LogP contribution in [-0.2, 0) is 16.4 Å². The molecule has 6 heteroatoms. The lowest BCUT2D eigenvalue weighted by Crippen LogP contribution is -2.25. The van der Waals surface area contributed by atoms with E-state index in [1.807, 2.05) is 24.3 Å². The highest BCUT2D eigenvalue weighted by molar-refractivity contribution is 7.89. The Balaban J connectivity index is 1.93. The van der Waals surface area contributed by atoms with E-state index in [0.717, 1.165) is 11.3 Å². The lowest BCUT2D eigenvalue weighted by molar-refractivity contribution is 0.409. The van der Waals surface area contributed by atoms with Crippen LogP contribution in [0, 0.1) is 12.7 Å². The first-order valence-corrected chi connectivity index (χ1v) is 8.80. The van der Waals surface area contributed by atoms with Crippen LogP contribution < -0.4 is 9.46 Å². The van der Waals surface area contributed by atoms with Gasteiger partial charge in [-0.25, -0.2) is 17.5 Å². The van der Waals surface area contributed by atoms with Gasteiger partial charge >= 0.3 is 0 Å². The molecule has 1 N–H and O–H groups in total. The molecule has 0 amide bonds. The number of ether oxygens (including phenoxy) is 1. The molecule has 0 aliphatic carbocycles. The Morgan fingerprint density at radius 1 is 1.17 bits per heavy atom. The van der Waals surface area contributed by atoms with Crippen LogP contribution >= 0.6 is 0 Å². The molecule has 0 heterocycles. The molecule has 0 unspecified atom stereocenters. The quantitative estimate of drug-likeness (QED) is 0.790. The molecule has 2 aromatic carbocycles. The van der Waals surface area contributed by atoms with Gasteiger partial charge in [-0.05, 0) is 55.2 Å². The maximum absolute atomic E-state index is 13.2. The third kappa shape index (κ3) is 4.53. The molecule has 124 valence electrons. The number of benzene rings is 2. The zero-order valence-electron chi connectivity index (χ0n) is 13.2. The first kappa shape index (κ1) is 17.4. The van der Waals surface area contributed by atoms with Gasteiger partial charge in [-0.15, -0.1) is 0 Å². The summed E-state index contributed by atoms with van der Waals surface area (Å²) in [4.78, 5) is 0.0775. The summed E-state index contributed by atoms with van der Waals surface area (Å²) in [5.41, 5.74) is 1.34. The number of sulfonamides is 1. The first-order valence-electron chi connectivity index (χ1n) is 7.32. The second-order valence-electron chi connectivity index (χ2n) is 5.22. The predicted molar refractivity (Wildman–Crippen MR) is 87.6 cm³/mol. The van der Waals surface area contributed by atoms with Crippen molar-refractivity contribution in [3.8, 4) is 5.75 Å². The Kier molecular flexibility index (Phi) is 5.74. The molecule has 2 aromatic rings. The average molecular weight is 337 g/mol. The molecule has 0 spiro atoms. The van der Waals surface area contributed by atoms with Crippen LogP contribution in [0.4, 0.5) is 4.39 Å². The lowest BCUT2D eigenvalue weighted by atomic mass is 10.1. The minimum absolute atomic E-state index is 0.0775. The predicted octanol–water partition coefficient (Wildman–Crippen LogP) is 3.05. The Morgan fingerprint density at radius 2 is 1.91 bits per heavy atom. The van der Waals surface area contributed by atoms with Crippen LogP contribution in [0.1, 0.15) is 17.5 Å². The molecule has 4 nitrogen and oxygen atoms in total. The van der Waals surface area contributed by atoms with Gasteiger partial charge < -0.3 is 4.74 Å². The van der Waals surface area contributed by atoms with Crippen molar-refractivity contribution in [3.05, 3.63) is 59.4 Å². The zero-order chi connectivity index (χ0) is 16.9. The van der Waals surface area contributed by atoms with E-state index < -0.39 is 15.8 Å². The van der Waals surface area contributed by atoms with Gasteiger partial charge in [0.2, 0.25) is 10.0 Å². The summed E-state index contributed by atoms with van der Waals surface area (Å²) in [6.45, 7) is 1.84. The molecule has 23 heavy (non-hydrogen) atoms. The van der Waals surface area contributed by atoms with Gasteiger partial charge in [0.25, 0.3) is 0 Å². The van der Waals surface area contributed by atoms with E-state index in [2.05, 4.69) is 4.72 Å². The molecular formula is C17H20FNO3S. The average Bonchev–Trinajstić information content (AvgIpc) is 2.54. The molecule has 0 radical (unpaired) electrons. The van der Waals surface area contributed by atoms with Gasteiger partial charge in [0.1, 0.15) is 11.6 Å². The summed E-state index contributed by atoms with van der Waals surface area (Å²) >= 11 is 0. The third-order valence-corrected chi connectivity index (χ3v) is 5.01. The van der Waals surface area contributed by atoms with E-state index >= 15 is 0 Å². The zero-order valence-corrected chi connectivity index (χ0v) is 14.0. The fourth-order valence-corrected chi connectivity index (χ4v) is 3.42. The van der Waals surface area contributed by atoms with Crippen LogP contribution in [0.5, 0.6) is 5.75 Å². The van der Waals surface area contributed by atoms with Gasteiger partial charge in [0, 0.05) is 6.54 Å². The van der Waals surface area contributed by atoms with Crippen molar-refractivity contribution in [1.82, 2.24) is 4.72 Å². The number of rotatable bonds is 7. The Bertz CT molecular complexity index is 775. The normalized spacial score (nSPS) is 11.4. The van der Waals surface area contributed by atoms with Crippen LogP contribution in [0.25, 0.3) is 0 Å². The molecule has 0 aliphatic rings. The molecule has 0 aromatic heterocycles. The summed E-state index contributed by atoms with van der Waals surface area (Å²) in [5.74, 6) is 0.379. The summed E-state index contributed by atoms with van der Waals surface area (Å²) in [7, 11) is -2.01. The SMILES string of the molecule is COc1ccccc1CCCNS(=O)(=O)c1ccc(F)c(C)c1. The number of nitrogens with one attached hydrogen (secondary N) is 1. The number of aryl methyl sites for hydroxylation is 2. The Morgan fingerprint density at radius 3 is 2.61 bits per heavy atom. The van der Waals surface area contributed by atoms with Crippen molar-refractivity contribution in [2.45, 2.75) is 24.7 Å². The van der Waals surface area contributed by atoms with Crippen LogP contribution in [0.2, 0.25) is 0 Å². The monoisotopic (exact) mass is 337 g/mol. The summed E-state index contributed by atoms with van der Waals surface area (Å²) in [6.07, 6.45) is 1.34. The third-order valence-electron chi connectivity index (χ3n) is 3.55. The Labute approximate surface area is 136 Å². The number of methoxy groups -OCH3 is 1. The molecule has 0 saturated carbocycles. The first-order chi connectivity index (χ1) is 10.9. The molecule has 0 fully saturated rings. The second-order valence-corrected chi connectivity index (χ2v) is 6.99. The van der Waals surface area contributed by atoms with Crippen molar-refractivity contribution < 1.29 is 17.5 Å². The molecule has 0 saturated heterocycles. The summed E-state index contributed by atoms with van der Waals surface area (Å²) in [5, 5.41) is 0. The van der Waals surface area contributed by atoms with Crippen LogP contribution in [0.3, 0.4) is 0 Å². The second kappa shape index (κ2) is 7.57. The highest BCUT2D eigenvalue weighted by Gasteiger charge is 2.14. The van der Waals surface area contributed by atoms with E-state index in [9.17, 15) is 12.8 Å². The van der Waals surface area contributed by atoms with E-state index in [-0.39, 0.29) is 4.90 Å². The Hall–Kier alpha value is -1.92. The minimum Gasteiger partial charge on any atom is -0.496 e. The highest BCUT2D eigenvalue weighted by Crippen LogP contribution is 2.19. The summed E-state index contributed by atoms with van der Waals surface area (Å²) < 4.78 is 45.4. The molecular weight excluding hydrogens is 317 g/mol. The highest BCUT2D eigenvalue weighted by atomic mass is 32.2. The maximum atomic E-state index is 13.2. The van der Waals surface area contributed by atoms with Crippen molar-refractivity contribution in [3.63, 3.8) is 0 Å². The van der Waals surface area contributed by atoms with Gasteiger partial charge in [0.05, 0.1) is 12.0 Å². The fraction of sp³-hybridized carbons (Fsp3) is 0.294. The lowest BCUT2D eigenvalue weighted by Gasteiger charge is -2.10. The summed E-state index contributed by atoms with van der Waals surface area (Å²) in [6, 6.07) is 11.4. The number of para-hydroxylation sites is 1. The van der Waals surface area contributed by atoms with Crippen molar-refractivity contribution in [2.75, 3.05) is 13.7 Å². The van der Waals surface area contributed by atoms with Crippen molar-refractivity contribution >= 4 is 10.0 Å². The van der Waals surface area contributed by atoms with Gasteiger partial charge in [-0.2, -0.15) is 0 Å². The van der Waals surface area contributed by atoms with E-state index in [0.29, 0.717) is 24.9 Å². The van der Waals surface area contributed by atoms with Crippen LogP contribution in [-0.4, -0.2) is 22.1 Å². The molecule has 0 aliphatic heterocycles. The smallest absolute Gasteiger partial charge is 0.240 e. The topological polar surface area (TPSA) is 55.4 Å². The molecule has 0 atom stereocenters. The van der Waals surface area contributed by atoms with Crippen molar-refractivity contribution in [2.24, 2.45) is 0 Å². The van der Waals surface area contributed by atoms with E-state index in [1.165, 1.54) is 25.1 Å². The van der Waals surface area contributed by atoms with Crippen LogP contribution in [0.15, 0.2) is 47.4 Å². The standard InChI is InChI=1S/C17H20FNO3S/c1-13-12-15(9-10-16(13)18)23(20,21)19-11-5-7-14-6-3-4-8-17(14)22-2/h3-4,6,8-10,12,19H,5,7,11H2,1-2H3.